The molecule has 25 heavy (non-hydrogen) atoms. The van der Waals surface area contributed by atoms with E-state index in [9.17, 15) is 13.2 Å². The molecule has 3 rings (SSSR count). The Morgan fingerprint density at radius 3 is 2.84 bits per heavy atom. The van der Waals surface area contributed by atoms with Crippen molar-refractivity contribution in [3.8, 4) is 0 Å². The number of hydrogen-bond acceptors (Lipinski definition) is 3. The minimum Gasteiger partial charge on any atom is -0.361 e. The molecule has 0 radical (unpaired) electrons. The monoisotopic (exact) mass is 362 g/mol. The number of sulfone groups is 1. The van der Waals surface area contributed by atoms with Gasteiger partial charge in [-0.1, -0.05) is 25.1 Å². The third-order valence-corrected chi connectivity index (χ3v) is 6.70. The summed E-state index contributed by atoms with van der Waals surface area (Å²) in [6.07, 6.45) is 5.54. The first kappa shape index (κ1) is 18.0. The summed E-state index contributed by atoms with van der Waals surface area (Å²) in [5.41, 5.74) is 2.35. The summed E-state index contributed by atoms with van der Waals surface area (Å²) in [5, 5.41) is 1.21. The molecular weight excluding hydrogens is 336 g/mol. The van der Waals surface area contributed by atoms with E-state index in [0.29, 0.717) is 19.4 Å². The number of amides is 1. The number of rotatable bonds is 7. The Morgan fingerprint density at radius 2 is 2.12 bits per heavy atom. The van der Waals surface area contributed by atoms with Crippen molar-refractivity contribution in [3.05, 3.63) is 36.0 Å². The first-order valence-corrected chi connectivity index (χ1v) is 10.9. The number of aromatic amines is 1. The Labute approximate surface area is 149 Å². The maximum atomic E-state index is 12.6. The summed E-state index contributed by atoms with van der Waals surface area (Å²) < 4.78 is 23.4. The van der Waals surface area contributed by atoms with Crippen molar-refractivity contribution in [3.63, 3.8) is 0 Å². The average molecular weight is 362 g/mol. The molecule has 0 aliphatic carbocycles. The number of carbonyl (C=O) groups is 1. The van der Waals surface area contributed by atoms with Crippen LogP contribution in [0, 0.1) is 0 Å². The maximum absolute atomic E-state index is 12.6. The van der Waals surface area contributed by atoms with Gasteiger partial charge in [-0.05, 0) is 37.3 Å². The van der Waals surface area contributed by atoms with Gasteiger partial charge in [0.1, 0.15) is 0 Å². The molecule has 136 valence electrons. The summed E-state index contributed by atoms with van der Waals surface area (Å²) in [7, 11) is -2.97. The van der Waals surface area contributed by atoms with Gasteiger partial charge in [-0.15, -0.1) is 0 Å². The first-order chi connectivity index (χ1) is 12.0. The van der Waals surface area contributed by atoms with Crippen LogP contribution in [-0.2, 0) is 21.1 Å². The molecular formula is C19H26N2O3S. The molecule has 0 saturated carbocycles. The van der Waals surface area contributed by atoms with Crippen LogP contribution in [0.3, 0.4) is 0 Å². The third-order valence-electron chi connectivity index (χ3n) is 4.95. The van der Waals surface area contributed by atoms with Crippen molar-refractivity contribution < 1.29 is 13.2 Å². The normalized spacial score (nSPS) is 19.3. The van der Waals surface area contributed by atoms with Crippen molar-refractivity contribution in [2.45, 2.75) is 45.1 Å². The van der Waals surface area contributed by atoms with Crippen LogP contribution >= 0.6 is 0 Å². The Morgan fingerprint density at radius 1 is 1.32 bits per heavy atom. The van der Waals surface area contributed by atoms with Crippen LogP contribution in [-0.4, -0.2) is 48.3 Å². The van der Waals surface area contributed by atoms with E-state index in [-0.39, 0.29) is 23.5 Å². The molecule has 1 atom stereocenters. The molecule has 1 aromatic carbocycles. The second kappa shape index (κ2) is 7.60. The van der Waals surface area contributed by atoms with Crippen molar-refractivity contribution >= 4 is 26.6 Å². The molecule has 0 bridgehead atoms. The number of H-pyrrole nitrogens is 1. The maximum Gasteiger partial charge on any atom is 0.222 e. The fourth-order valence-corrected chi connectivity index (χ4v) is 5.42. The van der Waals surface area contributed by atoms with E-state index in [2.05, 4.69) is 11.1 Å². The van der Waals surface area contributed by atoms with E-state index in [1.165, 1.54) is 10.9 Å². The minimum absolute atomic E-state index is 0.0868. The quantitative estimate of drug-likeness (QED) is 0.823. The highest BCUT2D eigenvalue weighted by Crippen LogP contribution is 2.22. The number of carbonyl (C=O) groups excluding carboxylic acids is 1. The van der Waals surface area contributed by atoms with Crippen LogP contribution < -0.4 is 0 Å². The predicted octanol–water partition coefficient (Wildman–Crippen LogP) is 2.92. The Hall–Kier alpha value is -1.82. The number of aryl methyl sites for hydroxylation is 1. The van der Waals surface area contributed by atoms with E-state index >= 15 is 0 Å². The molecule has 1 saturated heterocycles. The molecule has 5 nitrogen and oxygen atoms in total. The number of nitrogens with one attached hydrogen (secondary N) is 1. The topological polar surface area (TPSA) is 70.2 Å². The average Bonchev–Trinajstić information content (AvgIpc) is 3.16. The van der Waals surface area contributed by atoms with Gasteiger partial charge in [0, 0.05) is 36.1 Å². The highest BCUT2D eigenvalue weighted by Gasteiger charge is 2.33. The van der Waals surface area contributed by atoms with E-state index < -0.39 is 9.84 Å². The Bertz CT molecular complexity index is 841. The molecule has 6 heteroatoms. The molecule has 2 heterocycles. The smallest absolute Gasteiger partial charge is 0.222 e. The number of fused-ring (bicyclic) bond motifs is 1. The summed E-state index contributed by atoms with van der Waals surface area (Å²) in [4.78, 5) is 17.7. The fraction of sp³-hybridized carbons (Fsp3) is 0.526. The zero-order chi connectivity index (χ0) is 17.9. The van der Waals surface area contributed by atoms with Gasteiger partial charge in [0.2, 0.25) is 5.91 Å². The highest BCUT2D eigenvalue weighted by molar-refractivity contribution is 7.91. The van der Waals surface area contributed by atoms with Crippen LogP contribution in [0.25, 0.3) is 10.9 Å². The lowest BCUT2D eigenvalue weighted by Crippen LogP contribution is -2.41. The van der Waals surface area contributed by atoms with E-state index in [4.69, 9.17) is 0 Å². The highest BCUT2D eigenvalue weighted by atomic mass is 32.2. The number of hydrogen-bond donors (Lipinski definition) is 1. The van der Waals surface area contributed by atoms with Crippen molar-refractivity contribution in [2.75, 3.05) is 18.1 Å². The van der Waals surface area contributed by atoms with Gasteiger partial charge in [0.25, 0.3) is 0 Å². The molecule has 1 N–H and O–H groups in total. The zero-order valence-corrected chi connectivity index (χ0v) is 15.5. The first-order valence-electron chi connectivity index (χ1n) is 9.05. The SMILES string of the molecule is CCCN(C(=O)CCCc1c[nH]c2ccccc12)C1CCS(=O)(=O)C1. The lowest BCUT2D eigenvalue weighted by atomic mass is 10.1. The molecule has 1 aliphatic rings. The standard InChI is InChI=1S/C19H26N2O3S/c1-2-11-21(16-10-12-25(23,24)14-16)19(22)9-5-6-15-13-20-18-8-4-3-7-17(15)18/h3-4,7-8,13,16,20H,2,5-6,9-12,14H2,1H3. The van der Waals surface area contributed by atoms with Gasteiger partial charge >= 0.3 is 0 Å². The van der Waals surface area contributed by atoms with Crippen molar-refractivity contribution in [1.29, 1.82) is 0 Å². The molecule has 2 aromatic rings. The van der Waals surface area contributed by atoms with Crippen molar-refractivity contribution in [1.82, 2.24) is 9.88 Å². The predicted molar refractivity (Wildman–Crippen MR) is 100 cm³/mol. The second-order valence-corrected chi connectivity index (χ2v) is 9.09. The third kappa shape index (κ3) is 4.24. The lowest BCUT2D eigenvalue weighted by molar-refractivity contribution is -0.133. The summed E-state index contributed by atoms with van der Waals surface area (Å²) >= 11 is 0. The molecule has 1 aromatic heterocycles. The number of nitrogens with zero attached hydrogens (tertiary/aromatic N) is 1. The van der Waals surface area contributed by atoms with E-state index in [1.54, 1.807) is 4.90 Å². The van der Waals surface area contributed by atoms with E-state index in [1.807, 2.05) is 31.3 Å². The molecule has 1 amide bonds. The largest absolute Gasteiger partial charge is 0.361 e. The zero-order valence-electron chi connectivity index (χ0n) is 14.7. The van der Waals surface area contributed by atoms with Gasteiger partial charge in [0.05, 0.1) is 11.5 Å². The molecule has 1 unspecified atom stereocenters. The van der Waals surface area contributed by atoms with Crippen LogP contribution in [0.5, 0.6) is 0 Å². The van der Waals surface area contributed by atoms with Crippen LogP contribution in [0.15, 0.2) is 30.5 Å². The van der Waals surface area contributed by atoms with Crippen LogP contribution in [0.1, 0.15) is 38.2 Å². The van der Waals surface area contributed by atoms with Gasteiger partial charge < -0.3 is 9.88 Å². The minimum atomic E-state index is -2.97. The number of benzene rings is 1. The number of aromatic nitrogens is 1. The Balaban J connectivity index is 1.58. The van der Waals surface area contributed by atoms with Gasteiger partial charge in [-0.25, -0.2) is 8.42 Å². The fourth-order valence-electron chi connectivity index (χ4n) is 3.69. The summed E-state index contributed by atoms with van der Waals surface area (Å²) in [6.45, 7) is 2.67. The van der Waals surface area contributed by atoms with Gasteiger partial charge in [-0.2, -0.15) is 0 Å². The van der Waals surface area contributed by atoms with E-state index in [0.717, 1.165) is 24.8 Å². The molecule has 0 spiro atoms. The Kier molecular flexibility index (Phi) is 5.47. The van der Waals surface area contributed by atoms with Crippen LogP contribution in [0.4, 0.5) is 0 Å². The summed E-state index contributed by atoms with van der Waals surface area (Å²) in [5.74, 6) is 0.422. The van der Waals surface area contributed by atoms with Crippen LogP contribution in [0.2, 0.25) is 0 Å². The second-order valence-electron chi connectivity index (χ2n) is 6.86. The number of para-hydroxylation sites is 1. The van der Waals surface area contributed by atoms with Gasteiger partial charge in [-0.3, -0.25) is 4.79 Å². The molecule has 1 aliphatic heterocycles. The van der Waals surface area contributed by atoms with Crippen molar-refractivity contribution in [2.24, 2.45) is 0 Å². The van der Waals surface area contributed by atoms with Gasteiger partial charge in [0.15, 0.2) is 9.84 Å². The molecule has 1 fully saturated rings. The lowest BCUT2D eigenvalue weighted by Gasteiger charge is -2.28. The summed E-state index contributed by atoms with van der Waals surface area (Å²) in [6, 6.07) is 8.03.